The van der Waals surface area contributed by atoms with Crippen molar-refractivity contribution in [1.82, 2.24) is 4.90 Å². The average Bonchev–Trinajstić information content (AvgIpc) is 2.28. The zero-order chi connectivity index (χ0) is 9.30. The van der Waals surface area contributed by atoms with E-state index < -0.39 is 12.0 Å². The van der Waals surface area contributed by atoms with Crippen LogP contribution in [0.15, 0.2) is 0 Å². The number of carbonyl (C=O) groups excluding carboxylic acids is 1. The summed E-state index contributed by atoms with van der Waals surface area (Å²) in [6, 6.07) is -0.727. The maximum absolute atomic E-state index is 11.1. The number of amides is 1. The molecule has 0 aliphatic carbocycles. The molecule has 1 saturated heterocycles. The number of hydrogen-bond acceptors (Lipinski definition) is 3. The van der Waals surface area contributed by atoms with Gasteiger partial charge in [-0.3, -0.25) is 4.79 Å². The van der Waals surface area contributed by atoms with Gasteiger partial charge in [-0.25, -0.2) is 4.79 Å². The quantitative estimate of drug-likeness (QED) is 0.601. The highest BCUT2D eigenvalue weighted by Crippen LogP contribution is 2.18. The fourth-order valence-corrected chi connectivity index (χ4v) is 1.55. The molecule has 5 heteroatoms. The molecule has 1 amide bonds. The van der Waals surface area contributed by atoms with Crippen LogP contribution in [-0.4, -0.2) is 39.7 Å². The fourth-order valence-electron chi connectivity index (χ4n) is 1.22. The Kier molecular flexibility index (Phi) is 2.62. The molecule has 4 nitrogen and oxygen atoms in total. The van der Waals surface area contributed by atoms with E-state index in [1.165, 1.54) is 11.8 Å². The van der Waals surface area contributed by atoms with Crippen molar-refractivity contribution >= 4 is 24.5 Å². The number of likely N-dealkylation sites (tertiary alicyclic amines) is 1. The summed E-state index contributed by atoms with van der Waals surface area (Å²) in [6.07, 6.45) is 0.348. The van der Waals surface area contributed by atoms with Gasteiger partial charge >= 0.3 is 5.97 Å². The smallest absolute Gasteiger partial charge is 0.326 e. The summed E-state index contributed by atoms with van der Waals surface area (Å²) in [5.41, 5.74) is 0. The molecule has 0 bridgehead atoms. The van der Waals surface area contributed by atoms with Crippen LogP contribution in [0.5, 0.6) is 0 Å². The normalized spacial score (nSPS) is 26.0. The Bertz CT molecular complexity index is 219. The van der Waals surface area contributed by atoms with Crippen LogP contribution in [0.2, 0.25) is 0 Å². The molecule has 1 aliphatic rings. The van der Waals surface area contributed by atoms with Crippen molar-refractivity contribution in [3.8, 4) is 0 Å². The average molecular weight is 189 g/mol. The number of aliphatic carboxylic acids is 1. The summed E-state index contributed by atoms with van der Waals surface area (Å²) in [7, 11) is 0. The van der Waals surface area contributed by atoms with Crippen molar-refractivity contribution in [3.05, 3.63) is 0 Å². The number of nitrogens with zero attached hydrogens (tertiary/aromatic N) is 1. The standard InChI is InChI=1S/C7H11NO3S/c1-4(7(10)11)8-3-5(12)2-6(8)9/h4-5,12H,2-3H2,1H3,(H,10,11)/t4-,5?/m0/s1. The first kappa shape index (κ1) is 9.38. The van der Waals surface area contributed by atoms with E-state index in [9.17, 15) is 9.59 Å². The van der Waals surface area contributed by atoms with Gasteiger partial charge in [0.1, 0.15) is 6.04 Å². The lowest BCUT2D eigenvalue weighted by Gasteiger charge is -2.20. The number of thiol groups is 1. The predicted molar refractivity (Wildman–Crippen MR) is 46.2 cm³/mol. The van der Waals surface area contributed by atoms with Gasteiger partial charge in [-0.2, -0.15) is 12.6 Å². The second-order valence-corrected chi connectivity index (χ2v) is 3.65. The van der Waals surface area contributed by atoms with Crippen molar-refractivity contribution in [1.29, 1.82) is 0 Å². The Labute approximate surface area is 76.0 Å². The van der Waals surface area contributed by atoms with E-state index in [4.69, 9.17) is 5.11 Å². The van der Waals surface area contributed by atoms with Crippen LogP contribution >= 0.6 is 12.6 Å². The molecule has 1 rings (SSSR count). The van der Waals surface area contributed by atoms with E-state index in [1.807, 2.05) is 0 Å². The molecular formula is C7H11NO3S. The van der Waals surface area contributed by atoms with Crippen LogP contribution in [0.4, 0.5) is 0 Å². The second-order valence-electron chi connectivity index (χ2n) is 2.92. The summed E-state index contributed by atoms with van der Waals surface area (Å²) >= 11 is 4.12. The monoisotopic (exact) mass is 189 g/mol. The molecule has 0 spiro atoms. The molecule has 1 N–H and O–H groups in total. The number of carboxylic acid groups (broad SMARTS) is 1. The summed E-state index contributed by atoms with van der Waals surface area (Å²) in [5, 5.41) is 8.61. The van der Waals surface area contributed by atoms with Crippen LogP contribution < -0.4 is 0 Å². The minimum absolute atomic E-state index is 0.0145. The Hall–Kier alpha value is -0.710. The van der Waals surface area contributed by atoms with Crippen LogP contribution in [0.25, 0.3) is 0 Å². The highest BCUT2D eigenvalue weighted by Gasteiger charge is 2.33. The lowest BCUT2D eigenvalue weighted by Crippen LogP contribution is -2.40. The maximum Gasteiger partial charge on any atom is 0.326 e. The summed E-state index contributed by atoms with van der Waals surface area (Å²) in [5.74, 6) is -1.09. The van der Waals surface area contributed by atoms with Gasteiger partial charge in [0.25, 0.3) is 0 Å². The molecule has 2 atom stereocenters. The molecule has 1 aliphatic heterocycles. The van der Waals surface area contributed by atoms with Crippen LogP contribution in [0.3, 0.4) is 0 Å². The lowest BCUT2D eigenvalue weighted by atomic mass is 10.3. The molecule has 1 unspecified atom stereocenters. The Morgan fingerprint density at radius 1 is 1.83 bits per heavy atom. The molecule has 12 heavy (non-hydrogen) atoms. The van der Waals surface area contributed by atoms with E-state index in [2.05, 4.69) is 12.6 Å². The summed E-state index contributed by atoms with van der Waals surface area (Å²) in [6.45, 7) is 1.95. The van der Waals surface area contributed by atoms with Gasteiger partial charge in [0.2, 0.25) is 5.91 Å². The molecular weight excluding hydrogens is 178 g/mol. The van der Waals surface area contributed by atoms with Gasteiger partial charge in [0.15, 0.2) is 0 Å². The van der Waals surface area contributed by atoms with Crippen LogP contribution in [0.1, 0.15) is 13.3 Å². The predicted octanol–water partition coefficient (Wildman–Crippen LogP) is -0.00980. The fraction of sp³-hybridized carbons (Fsp3) is 0.714. The number of carbonyl (C=O) groups is 2. The van der Waals surface area contributed by atoms with Crippen molar-refractivity contribution in [3.63, 3.8) is 0 Å². The SMILES string of the molecule is C[C@@H](C(=O)O)N1CC(S)CC1=O. The third-order valence-corrected chi connectivity index (χ3v) is 2.31. The van der Waals surface area contributed by atoms with E-state index in [0.717, 1.165) is 0 Å². The first-order valence-electron chi connectivity index (χ1n) is 3.72. The van der Waals surface area contributed by atoms with Gasteiger partial charge in [-0.05, 0) is 6.92 Å². The minimum Gasteiger partial charge on any atom is -0.480 e. The maximum atomic E-state index is 11.1. The first-order valence-corrected chi connectivity index (χ1v) is 4.24. The second kappa shape index (κ2) is 3.35. The van der Waals surface area contributed by atoms with E-state index in [1.54, 1.807) is 0 Å². The zero-order valence-electron chi connectivity index (χ0n) is 6.73. The first-order chi connectivity index (χ1) is 5.52. The number of carboxylic acids is 1. The van der Waals surface area contributed by atoms with E-state index in [0.29, 0.717) is 13.0 Å². The third kappa shape index (κ3) is 1.72. The molecule has 0 aromatic carbocycles. The Morgan fingerprint density at radius 3 is 2.75 bits per heavy atom. The van der Waals surface area contributed by atoms with Gasteiger partial charge in [-0.1, -0.05) is 0 Å². The molecule has 1 fully saturated rings. The molecule has 68 valence electrons. The molecule has 0 aromatic rings. The Balaban J connectivity index is 2.64. The Morgan fingerprint density at radius 2 is 2.42 bits per heavy atom. The van der Waals surface area contributed by atoms with Crippen LogP contribution in [0, 0.1) is 0 Å². The highest BCUT2D eigenvalue weighted by atomic mass is 32.1. The molecule has 0 saturated carbocycles. The van der Waals surface area contributed by atoms with Crippen molar-refractivity contribution in [2.75, 3.05) is 6.54 Å². The van der Waals surface area contributed by atoms with Crippen molar-refractivity contribution in [2.45, 2.75) is 24.6 Å². The van der Waals surface area contributed by atoms with Gasteiger partial charge < -0.3 is 10.0 Å². The lowest BCUT2D eigenvalue weighted by molar-refractivity contribution is -0.147. The zero-order valence-corrected chi connectivity index (χ0v) is 7.62. The summed E-state index contributed by atoms with van der Waals surface area (Å²) in [4.78, 5) is 23.0. The van der Waals surface area contributed by atoms with Crippen molar-refractivity contribution < 1.29 is 14.7 Å². The minimum atomic E-state index is -0.967. The molecule has 0 aromatic heterocycles. The topological polar surface area (TPSA) is 57.6 Å². The van der Waals surface area contributed by atoms with Crippen molar-refractivity contribution in [2.24, 2.45) is 0 Å². The highest BCUT2D eigenvalue weighted by molar-refractivity contribution is 7.81. The van der Waals surface area contributed by atoms with Gasteiger partial charge in [0.05, 0.1) is 0 Å². The largest absolute Gasteiger partial charge is 0.480 e. The number of hydrogen-bond donors (Lipinski definition) is 2. The molecule has 1 heterocycles. The van der Waals surface area contributed by atoms with Gasteiger partial charge in [0, 0.05) is 18.2 Å². The van der Waals surface area contributed by atoms with E-state index in [-0.39, 0.29) is 11.2 Å². The number of rotatable bonds is 2. The molecule has 0 radical (unpaired) electrons. The van der Waals surface area contributed by atoms with Crippen LogP contribution in [-0.2, 0) is 9.59 Å². The third-order valence-electron chi connectivity index (χ3n) is 1.96. The van der Waals surface area contributed by atoms with Gasteiger partial charge in [-0.15, -0.1) is 0 Å². The summed E-state index contributed by atoms with van der Waals surface area (Å²) < 4.78 is 0. The van der Waals surface area contributed by atoms with E-state index >= 15 is 0 Å².